The maximum absolute atomic E-state index is 11.4. The van der Waals surface area contributed by atoms with E-state index in [2.05, 4.69) is 32.6 Å². The van der Waals surface area contributed by atoms with E-state index in [1.165, 1.54) is 25.7 Å². The van der Waals surface area contributed by atoms with E-state index in [0.29, 0.717) is 17.3 Å². The van der Waals surface area contributed by atoms with E-state index in [1.807, 2.05) is 0 Å². The number of hydrogen-bond donors (Lipinski definition) is 1. The lowest BCUT2D eigenvalue weighted by atomic mass is 9.70. The lowest BCUT2D eigenvalue weighted by Crippen LogP contribution is -2.42. The Morgan fingerprint density at radius 2 is 1.75 bits per heavy atom. The van der Waals surface area contributed by atoms with E-state index in [9.17, 15) is 9.90 Å². The van der Waals surface area contributed by atoms with Crippen LogP contribution in [0.25, 0.3) is 0 Å². The fourth-order valence-corrected chi connectivity index (χ4v) is 4.17. The summed E-state index contributed by atoms with van der Waals surface area (Å²) in [7, 11) is 0. The van der Waals surface area contributed by atoms with Gasteiger partial charge in [-0.15, -0.1) is 0 Å². The quantitative estimate of drug-likeness (QED) is 0.858. The molecule has 20 heavy (non-hydrogen) atoms. The minimum Gasteiger partial charge on any atom is -0.480 e. The van der Waals surface area contributed by atoms with Gasteiger partial charge in [-0.1, -0.05) is 27.7 Å². The zero-order valence-corrected chi connectivity index (χ0v) is 13.6. The molecule has 3 nitrogen and oxygen atoms in total. The third kappa shape index (κ3) is 3.55. The van der Waals surface area contributed by atoms with Crippen LogP contribution in [0.5, 0.6) is 0 Å². The molecule has 0 bridgehead atoms. The fraction of sp³-hybridized carbons (Fsp3) is 0.941. The molecule has 0 aromatic heterocycles. The molecule has 1 aliphatic heterocycles. The van der Waals surface area contributed by atoms with Crippen LogP contribution in [0, 0.1) is 23.2 Å². The lowest BCUT2D eigenvalue weighted by molar-refractivity contribution is -0.143. The number of rotatable bonds is 3. The molecule has 0 radical (unpaired) electrons. The SMILES string of the molecule is CC1CCN(CC2CCC(C(C)(C)C)CC2)C1C(=O)O. The molecular weight excluding hydrogens is 250 g/mol. The van der Waals surface area contributed by atoms with Crippen molar-refractivity contribution in [3.63, 3.8) is 0 Å². The van der Waals surface area contributed by atoms with Crippen LogP contribution in [0.1, 0.15) is 59.8 Å². The van der Waals surface area contributed by atoms with Gasteiger partial charge in [-0.05, 0) is 61.8 Å². The third-order valence-corrected chi connectivity index (χ3v) is 5.62. The summed E-state index contributed by atoms with van der Waals surface area (Å²) in [5.74, 6) is 1.23. The summed E-state index contributed by atoms with van der Waals surface area (Å²) in [4.78, 5) is 13.6. The standard InChI is InChI=1S/C17H31NO2/c1-12-9-10-18(15(12)16(19)20)11-13-5-7-14(8-6-13)17(2,3)4/h12-15H,5-11H2,1-4H3,(H,19,20). The number of nitrogens with zero attached hydrogens (tertiary/aromatic N) is 1. The van der Waals surface area contributed by atoms with E-state index in [1.54, 1.807) is 0 Å². The van der Waals surface area contributed by atoms with Crippen LogP contribution in [-0.2, 0) is 4.79 Å². The van der Waals surface area contributed by atoms with Gasteiger partial charge in [0.1, 0.15) is 6.04 Å². The monoisotopic (exact) mass is 281 g/mol. The van der Waals surface area contributed by atoms with Crippen molar-refractivity contribution < 1.29 is 9.90 Å². The number of carboxylic acid groups (broad SMARTS) is 1. The van der Waals surface area contributed by atoms with Crippen LogP contribution in [0.3, 0.4) is 0 Å². The van der Waals surface area contributed by atoms with Crippen molar-refractivity contribution in [1.82, 2.24) is 4.90 Å². The van der Waals surface area contributed by atoms with Gasteiger partial charge in [-0.2, -0.15) is 0 Å². The average molecular weight is 281 g/mol. The minimum atomic E-state index is -0.627. The number of aliphatic carboxylic acids is 1. The number of hydrogen-bond acceptors (Lipinski definition) is 2. The van der Waals surface area contributed by atoms with Crippen molar-refractivity contribution in [3.05, 3.63) is 0 Å². The zero-order chi connectivity index (χ0) is 14.9. The molecule has 1 saturated heterocycles. The van der Waals surface area contributed by atoms with Gasteiger partial charge >= 0.3 is 5.97 Å². The van der Waals surface area contributed by atoms with Crippen LogP contribution in [0.2, 0.25) is 0 Å². The van der Waals surface area contributed by atoms with Gasteiger partial charge in [-0.25, -0.2) is 0 Å². The second-order valence-corrected chi connectivity index (χ2v) is 8.13. The Morgan fingerprint density at radius 3 is 2.25 bits per heavy atom. The van der Waals surface area contributed by atoms with Crippen LogP contribution >= 0.6 is 0 Å². The van der Waals surface area contributed by atoms with Crippen LogP contribution < -0.4 is 0 Å². The summed E-state index contributed by atoms with van der Waals surface area (Å²) >= 11 is 0. The highest BCUT2D eigenvalue weighted by Crippen LogP contribution is 2.40. The number of carboxylic acids is 1. The molecule has 2 unspecified atom stereocenters. The summed E-state index contributed by atoms with van der Waals surface area (Å²) in [6.07, 6.45) is 6.22. The molecule has 1 N–H and O–H groups in total. The summed E-state index contributed by atoms with van der Waals surface area (Å²) in [5.41, 5.74) is 0.427. The molecule has 1 heterocycles. The molecule has 0 aromatic rings. The first-order chi connectivity index (χ1) is 9.29. The largest absolute Gasteiger partial charge is 0.480 e. The van der Waals surface area contributed by atoms with Gasteiger partial charge in [0.15, 0.2) is 0 Å². The molecule has 116 valence electrons. The molecule has 3 heteroatoms. The second-order valence-electron chi connectivity index (χ2n) is 8.13. The van der Waals surface area contributed by atoms with Crippen molar-refractivity contribution in [2.75, 3.05) is 13.1 Å². The van der Waals surface area contributed by atoms with E-state index in [0.717, 1.165) is 25.4 Å². The fourth-order valence-electron chi connectivity index (χ4n) is 4.17. The minimum absolute atomic E-state index is 0.240. The Labute approximate surface area is 123 Å². The first-order valence-corrected chi connectivity index (χ1v) is 8.26. The Bertz CT molecular complexity index is 339. The summed E-state index contributed by atoms with van der Waals surface area (Å²) in [5, 5.41) is 9.39. The van der Waals surface area contributed by atoms with Gasteiger partial charge < -0.3 is 5.11 Å². The van der Waals surface area contributed by atoms with E-state index in [4.69, 9.17) is 0 Å². The Morgan fingerprint density at radius 1 is 1.15 bits per heavy atom. The lowest BCUT2D eigenvalue weighted by Gasteiger charge is -2.38. The van der Waals surface area contributed by atoms with Crippen molar-refractivity contribution >= 4 is 5.97 Å². The summed E-state index contributed by atoms with van der Waals surface area (Å²) in [6, 6.07) is -0.240. The Balaban J connectivity index is 1.85. The Hall–Kier alpha value is -0.570. The van der Waals surface area contributed by atoms with E-state index >= 15 is 0 Å². The highest BCUT2D eigenvalue weighted by Gasteiger charge is 2.38. The summed E-state index contributed by atoms with van der Waals surface area (Å²) in [6.45, 7) is 11.1. The van der Waals surface area contributed by atoms with Crippen LogP contribution in [0.15, 0.2) is 0 Å². The topological polar surface area (TPSA) is 40.5 Å². The smallest absolute Gasteiger partial charge is 0.321 e. The maximum atomic E-state index is 11.4. The first kappa shape index (κ1) is 15.8. The normalized spacial score (nSPS) is 36.2. The van der Waals surface area contributed by atoms with Crippen molar-refractivity contribution in [3.8, 4) is 0 Å². The molecule has 2 fully saturated rings. The number of carbonyl (C=O) groups is 1. The number of likely N-dealkylation sites (tertiary alicyclic amines) is 1. The highest BCUT2D eigenvalue weighted by atomic mass is 16.4. The van der Waals surface area contributed by atoms with E-state index in [-0.39, 0.29) is 6.04 Å². The van der Waals surface area contributed by atoms with Crippen molar-refractivity contribution in [1.29, 1.82) is 0 Å². The highest BCUT2D eigenvalue weighted by molar-refractivity contribution is 5.74. The molecule has 0 amide bonds. The molecule has 0 aromatic carbocycles. The average Bonchev–Trinajstić information content (AvgIpc) is 2.70. The second kappa shape index (κ2) is 6.05. The zero-order valence-electron chi connectivity index (χ0n) is 13.6. The van der Waals surface area contributed by atoms with Gasteiger partial charge in [0.05, 0.1) is 0 Å². The van der Waals surface area contributed by atoms with Gasteiger partial charge in [0, 0.05) is 6.54 Å². The van der Waals surface area contributed by atoms with Crippen LogP contribution in [0.4, 0.5) is 0 Å². The molecule has 2 rings (SSSR count). The van der Waals surface area contributed by atoms with Gasteiger partial charge in [0.2, 0.25) is 0 Å². The first-order valence-electron chi connectivity index (χ1n) is 8.26. The molecule has 1 saturated carbocycles. The van der Waals surface area contributed by atoms with E-state index < -0.39 is 5.97 Å². The van der Waals surface area contributed by atoms with Crippen molar-refractivity contribution in [2.24, 2.45) is 23.2 Å². The predicted molar refractivity (Wildman–Crippen MR) is 81.7 cm³/mol. The molecule has 0 spiro atoms. The molecule has 2 aliphatic rings. The van der Waals surface area contributed by atoms with Crippen LogP contribution in [-0.4, -0.2) is 35.1 Å². The molecule has 1 aliphatic carbocycles. The van der Waals surface area contributed by atoms with Gasteiger partial charge in [-0.3, -0.25) is 9.69 Å². The maximum Gasteiger partial charge on any atom is 0.321 e. The Kier molecular flexibility index (Phi) is 4.78. The molecular formula is C17H31NO2. The van der Waals surface area contributed by atoms with Crippen molar-refractivity contribution in [2.45, 2.75) is 65.8 Å². The summed E-state index contributed by atoms with van der Waals surface area (Å²) < 4.78 is 0. The third-order valence-electron chi connectivity index (χ3n) is 5.62. The molecule has 2 atom stereocenters. The predicted octanol–water partition coefficient (Wildman–Crippen LogP) is 3.63. The van der Waals surface area contributed by atoms with Gasteiger partial charge in [0.25, 0.3) is 0 Å².